The van der Waals surface area contributed by atoms with Gasteiger partial charge >= 0.3 is 6.01 Å². The van der Waals surface area contributed by atoms with Gasteiger partial charge in [-0.15, -0.1) is 0 Å². The molecule has 1 fully saturated rings. The van der Waals surface area contributed by atoms with Gasteiger partial charge < -0.3 is 15.4 Å². The van der Waals surface area contributed by atoms with Crippen molar-refractivity contribution in [2.75, 3.05) is 30.3 Å². The van der Waals surface area contributed by atoms with Gasteiger partial charge in [0.2, 0.25) is 11.9 Å². The van der Waals surface area contributed by atoms with Crippen molar-refractivity contribution >= 4 is 11.9 Å². The Balaban J connectivity index is 2.04. The summed E-state index contributed by atoms with van der Waals surface area (Å²) >= 11 is 0. The number of hydrogen-bond donors (Lipinski definition) is 2. The minimum atomic E-state index is 0.378. The Hall–Kier alpha value is -1.59. The first kappa shape index (κ1) is 15.8. The van der Waals surface area contributed by atoms with Gasteiger partial charge in [0.25, 0.3) is 0 Å². The Morgan fingerprint density at radius 3 is 2.29 bits per heavy atom. The molecule has 1 aromatic rings. The molecule has 2 N–H and O–H groups in total. The molecule has 0 bridgehead atoms. The molecule has 1 heterocycles. The van der Waals surface area contributed by atoms with Gasteiger partial charge in [-0.25, -0.2) is 0 Å². The predicted molar refractivity (Wildman–Crippen MR) is 84.8 cm³/mol. The molecule has 118 valence electrons. The Morgan fingerprint density at radius 2 is 1.76 bits per heavy atom. The lowest BCUT2D eigenvalue weighted by Crippen LogP contribution is -2.22. The van der Waals surface area contributed by atoms with Gasteiger partial charge in [0.1, 0.15) is 0 Å². The van der Waals surface area contributed by atoms with Crippen molar-refractivity contribution in [2.24, 2.45) is 11.3 Å². The molecule has 6 heteroatoms. The van der Waals surface area contributed by atoms with Gasteiger partial charge in [0.15, 0.2) is 0 Å². The smallest absolute Gasteiger partial charge is 0.323 e. The first-order valence-electron chi connectivity index (χ1n) is 7.96. The zero-order valence-electron chi connectivity index (χ0n) is 13.6. The van der Waals surface area contributed by atoms with E-state index >= 15 is 0 Å². The summed E-state index contributed by atoms with van der Waals surface area (Å²) < 4.78 is 5.42. The molecule has 0 saturated heterocycles. The molecule has 0 aromatic carbocycles. The molecular weight excluding hydrogens is 266 g/mol. The molecule has 1 aliphatic carbocycles. The summed E-state index contributed by atoms with van der Waals surface area (Å²) in [6.07, 6.45) is 3.58. The molecule has 0 aliphatic heterocycles. The molecular formula is C15H27N5O. The van der Waals surface area contributed by atoms with Gasteiger partial charge in [-0.3, -0.25) is 0 Å². The molecule has 0 atom stereocenters. The van der Waals surface area contributed by atoms with E-state index in [0.717, 1.165) is 19.5 Å². The van der Waals surface area contributed by atoms with E-state index in [4.69, 9.17) is 4.74 Å². The minimum Gasteiger partial charge on any atom is -0.464 e. The maximum Gasteiger partial charge on any atom is 0.323 e. The lowest BCUT2D eigenvalue weighted by atomic mass is 9.92. The zero-order chi connectivity index (χ0) is 15.3. The van der Waals surface area contributed by atoms with Crippen molar-refractivity contribution in [2.45, 2.75) is 47.0 Å². The second-order valence-corrected chi connectivity index (χ2v) is 6.00. The van der Waals surface area contributed by atoms with Gasteiger partial charge in [-0.05, 0) is 37.5 Å². The van der Waals surface area contributed by atoms with E-state index in [-0.39, 0.29) is 0 Å². The normalized spacial score (nSPS) is 15.9. The van der Waals surface area contributed by atoms with Crippen molar-refractivity contribution in [1.29, 1.82) is 0 Å². The van der Waals surface area contributed by atoms with Crippen LogP contribution >= 0.6 is 0 Å². The van der Waals surface area contributed by atoms with E-state index in [1.165, 1.54) is 12.8 Å². The highest BCUT2D eigenvalue weighted by Crippen LogP contribution is 2.51. The van der Waals surface area contributed by atoms with Gasteiger partial charge in [-0.2, -0.15) is 15.0 Å². The standard InChI is InChI=1S/C15H27N5O/c1-5-9-16-12-18-13(20-14(19-12)21-6-2)17-10-15(7-8-15)11(3)4/h11H,5-10H2,1-4H3,(H2,16,17,18,19,20). The van der Waals surface area contributed by atoms with Crippen molar-refractivity contribution in [3.63, 3.8) is 0 Å². The van der Waals surface area contributed by atoms with Crippen LogP contribution in [0.25, 0.3) is 0 Å². The Kier molecular flexibility index (Phi) is 5.20. The van der Waals surface area contributed by atoms with Crippen molar-refractivity contribution < 1.29 is 4.74 Å². The number of hydrogen-bond acceptors (Lipinski definition) is 6. The number of rotatable bonds is 9. The summed E-state index contributed by atoms with van der Waals surface area (Å²) in [5.74, 6) is 1.85. The highest BCUT2D eigenvalue weighted by atomic mass is 16.5. The molecule has 1 aliphatic rings. The lowest BCUT2D eigenvalue weighted by molar-refractivity contribution is 0.312. The van der Waals surface area contributed by atoms with Crippen LogP contribution in [0.3, 0.4) is 0 Å². The maximum atomic E-state index is 5.42. The average Bonchev–Trinajstić information content (AvgIpc) is 3.24. The van der Waals surface area contributed by atoms with Crippen LogP contribution in [0.15, 0.2) is 0 Å². The average molecular weight is 293 g/mol. The van der Waals surface area contributed by atoms with Crippen LogP contribution in [0, 0.1) is 11.3 Å². The topological polar surface area (TPSA) is 72.0 Å². The second kappa shape index (κ2) is 6.91. The van der Waals surface area contributed by atoms with Crippen LogP contribution < -0.4 is 15.4 Å². The third-order valence-electron chi connectivity index (χ3n) is 4.14. The third-order valence-corrected chi connectivity index (χ3v) is 4.14. The van der Waals surface area contributed by atoms with Crippen molar-refractivity contribution in [3.8, 4) is 6.01 Å². The molecule has 0 amide bonds. The van der Waals surface area contributed by atoms with E-state index in [0.29, 0.717) is 35.8 Å². The molecule has 1 saturated carbocycles. The van der Waals surface area contributed by atoms with E-state index in [9.17, 15) is 0 Å². The summed E-state index contributed by atoms with van der Waals surface area (Å²) in [4.78, 5) is 13.0. The molecule has 21 heavy (non-hydrogen) atoms. The second-order valence-electron chi connectivity index (χ2n) is 6.00. The highest BCUT2D eigenvalue weighted by molar-refractivity contribution is 5.36. The fraction of sp³-hybridized carbons (Fsp3) is 0.800. The predicted octanol–water partition coefficient (Wildman–Crippen LogP) is 2.94. The van der Waals surface area contributed by atoms with E-state index in [1.807, 2.05) is 6.92 Å². The SMILES string of the molecule is CCCNc1nc(NCC2(C(C)C)CC2)nc(OCC)n1. The highest BCUT2D eigenvalue weighted by Gasteiger charge is 2.45. The zero-order valence-corrected chi connectivity index (χ0v) is 13.6. The van der Waals surface area contributed by atoms with Crippen LogP contribution in [0.1, 0.15) is 47.0 Å². The maximum absolute atomic E-state index is 5.42. The fourth-order valence-corrected chi connectivity index (χ4v) is 2.32. The van der Waals surface area contributed by atoms with E-state index in [1.54, 1.807) is 0 Å². The van der Waals surface area contributed by atoms with Crippen LogP contribution in [0.5, 0.6) is 6.01 Å². The Bertz CT molecular complexity index is 459. The molecule has 0 spiro atoms. The fourth-order valence-electron chi connectivity index (χ4n) is 2.32. The van der Waals surface area contributed by atoms with Crippen LogP contribution in [0.2, 0.25) is 0 Å². The summed E-state index contributed by atoms with van der Waals surface area (Å²) in [6, 6.07) is 0.378. The lowest BCUT2D eigenvalue weighted by Gasteiger charge is -2.20. The molecule has 0 unspecified atom stereocenters. The van der Waals surface area contributed by atoms with Gasteiger partial charge in [0, 0.05) is 13.1 Å². The summed E-state index contributed by atoms with van der Waals surface area (Å²) in [7, 11) is 0. The number of anilines is 2. The van der Waals surface area contributed by atoms with E-state index < -0.39 is 0 Å². The number of nitrogens with zero attached hydrogens (tertiary/aromatic N) is 3. The summed E-state index contributed by atoms with van der Waals surface area (Å²) in [5.41, 5.74) is 0.412. The molecule has 0 radical (unpaired) electrons. The quantitative estimate of drug-likeness (QED) is 0.729. The van der Waals surface area contributed by atoms with Crippen molar-refractivity contribution in [1.82, 2.24) is 15.0 Å². The molecule has 6 nitrogen and oxygen atoms in total. The van der Waals surface area contributed by atoms with E-state index in [2.05, 4.69) is 46.4 Å². The monoisotopic (exact) mass is 293 g/mol. The van der Waals surface area contributed by atoms with Crippen molar-refractivity contribution in [3.05, 3.63) is 0 Å². The van der Waals surface area contributed by atoms with Gasteiger partial charge in [-0.1, -0.05) is 20.8 Å². The third kappa shape index (κ3) is 4.19. The number of aromatic nitrogens is 3. The number of ether oxygens (including phenoxy) is 1. The molecule has 2 rings (SSSR count). The summed E-state index contributed by atoms with van der Waals surface area (Å²) in [6.45, 7) is 10.9. The Labute approximate surface area is 127 Å². The first-order chi connectivity index (χ1) is 10.1. The van der Waals surface area contributed by atoms with Crippen LogP contribution in [-0.4, -0.2) is 34.6 Å². The minimum absolute atomic E-state index is 0.378. The largest absolute Gasteiger partial charge is 0.464 e. The molecule has 1 aromatic heterocycles. The summed E-state index contributed by atoms with van der Waals surface area (Å²) in [5, 5.41) is 6.55. The van der Waals surface area contributed by atoms with Crippen LogP contribution in [-0.2, 0) is 0 Å². The Morgan fingerprint density at radius 1 is 1.10 bits per heavy atom. The number of nitrogens with one attached hydrogen (secondary N) is 2. The van der Waals surface area contributed by atoms with Gasteiger partial charge in [0.05, 0.1) is 6.61 Å². The van der Waals surface area contributed by atoms with Crippen LogP contribution in [0.4, 0.5) is 11.9 Å². The first-order valence-corrected chi connectivity index (χ1v) is 7.96.